The Kier molecular flexibility index (Phi) is 6.54. The molecule has 0 radical (unpaired) electrons. The van der Waals surface area contributed by atoms with E-state index in [0.29, 0.717) is 6.61 Å². The van der Waals surface area contributed by atoms with Crippen LogP contribution in [0.5, 0.6) is 11.5 Å². The fraction of sp³-hybridized carbons (Fsp3) is 0.571. The molecule has 0 aromatic heterocycles. The first-order valence-corrected chi connectivity index (χ1v) is 6.24. The monoisotopic (exact) mass is 253 g/mol. The van der Waals surface area contributed by atoms with Crippen molar-refractivity contribution in [2.45, 2.75) is 25.8 Å². The van der Waals surface area contributed by atoms with E-state index in [4.69, 9.17) is 19.9 Å². The molecule has 4 nitrogen and oxygen atoms in total. The highest BCUT2D eigenvalue weighted by atomic mass is 16.5. The summed E-state index contributed by atoms with van der Waals surface area (Å²) in [4.78, 5) is 0. The largest absolute Gasteiger partial charge is 0.493 e. The minimum absolute atomic E-state index is 0.00495. The van der Waals surface area contributed by atoms with Gasteiger partial charge in [-0.2, -0.15) is 0 Å². The van der Waals surface area contributed by atoms with Gasteiger partial charge >= 0.3 is 0 Å². The molecule has 1 atom stereocenters. The van der Waals surface area contributed by atoms with Crippen molar-refractivity contribution in [3.05, 3.63) is 23.8 Å². The highest BCUT2D eigenvalue weighted by Gasteiger charge is 2.07. The van der Waals surface area contributed by atoms with Crippen LogP contribution in [-0.4, -0.2) is 27.4 Å². The number of methoxy groups -OCH3 is 2. The maximum Gasteiger partial charge on any atom is 0.161 e. The highest BCUT2D eigenvalue weighted by Crippen LogP contribution is 2.29. The number of hydrogen-bond donors (Lipinski definition) is 1. The fourth-order valence-corrected chi connectivity index (χ4v) is 1.62. The zero-order chi connectivity index (χ0) is 13.4. The lowest BCUT2D eigenvalue weighted by Crippen LogP contribution is -2.06. The molecule has 0 bridgehead atoms. The van der Waals surface area contributed by atoms with Crippen molar-refractivity contribution in [3.63, 3.8) is 0 Å². The van der Waals surface area contributed by atoms with Crippen molar-refractivity contribution in [1.82, 2.24) is 0 Å². The van der Waals surface area contributed by atoms with Crippen molar-refractivity contribution in [2.24, 2.45) is 5.73 Å². The summed E-state index contributed by atoms with van der Waals surface area (Å²) in [5, 5.41) is 0. The Labute approximate surface area is 109 Å². The van der Waals surface area contributed by atoms with E-state index >= 15 is 0 Å². The maximum atomic E-state index is 5.83. The van der Waals surface area contributed by atoms with Gasteiger partial charge < -0.3 is 19.9 Å². The van der Waals surface area contributed by atoms with Crippen LogP contribution >= 0.6 is 0 Å². The van der Waals surface area contributed by atoms with Crippen molar-refractivity contribution in [2.75, 3.05) is 27.4 Å². The third-order valence-electron chi connectivity index (χ3n) is 2.71. The topological polar surface area (TPSA) is 53.7 Å². The Morgan fingerprint density at radius 2 is 1.83 bits per heavy atom. The lowest BCUT2D eigenvalue weighted by atomic mass is 10.1. The summed E-state index contributed by atoms with van der Waals surface area (Å²) in [5.41, 5.74) is 6.87. The molecule has 1 aromatic carbocycles. The number of hydrogen-bond acceptors (Lipinski definition) is 4. The molecule has 0 aliphatic rings. The van der Waals surface area contributed by atoms with Gasteiger partial charge in [0.25, 0.3) is 0 Å². The van der Waals surface area contributed by atoms with Gasteiger partial charge in [-0.1, -0.05) is 6.07 Å². The lowest BCUT2D eigenvalue weighted by Gasteiger charge is -2.13. The van der Waals surface area contributed by atoms with Crippen molar-refractivity contribution < 1.29 is 14.2 Å². The van der Waals surface area contributed by atoms with Crippen LogP contribution in [0.2, 0.25) is 0 Å². The second-order valence-corrected chi connectivity index (χ2v) is 4.25. The Balaban J connectivity index is 2.54. The molecule has 18 heavy (non-hydrogen) atoms. The van der Waals surface area contributed by atoms with Gasteiger partial charge in [0.2, 0.25) is 0 Å². The van der Waals surface area contributed by atoms with Gasteiger partial charge in [0.15, 0.2) is 11.5 Å². The number of ether oxygens (including phenoxy) is 3. The summed E-state index contributed by atoms with van der Waals surface area (Å²) in [7, 11) is 3.34. The van der Waals surface area contributed by atoms with Crippen LogP contribution in [0, 0.1) is 0 Å². The van der Waals surface area contributed by atoms with Gasteiger partial charge in [0.05, 0.1) is 13.7 Å². The standard InChI is InChI=1S/C14H23NO3/c1-11(15)12-6-7-13(14(10-12)17-3)18-9-5-4-8-16-2/h6-7,10-11H,4-5,8-9,15H2,1-3H3. The Morgan fingerprint density at radius 3 is 2.44 bits per heavy atom. The molecule has 0 saturated heterocycles. The van der Waals surface area contributed by atoms with E-state index in [-0.39, 0.29) is 6.04 Å². The number of unbranched alkanes of at least 4 members (excludes halogenated alkanes) is 1. The molecule has 1 rings (SSSR count). The minimum Gasteiger partial charge on any atom is -0.493 e. The molecular formula is C14H23NO3. The zero-order valence-electron chi connectivity index (χ0n) is 11.4. The van der Waals surface area contributed by atoms with Crippen LogP contribution in [-0.2, 0) is 4.74 Å². The van der Waals surface area contributed by atoms with Crippen molar-refractivity contribution in [3.8, 4) is 11.5 Å². The first-order valence-electron chi connectivity index (χ1n) is 6.24. The molecule has 102 valence electrons. The predicted molar refractivity (Wildman–Crippen MR) is 72.2 cm³/mol. The summed E-state index contributed by atoms with van der Waals surface area (Å²) in [6.45, 7) is 3.38. The second kappa shape index (κ2) is 7.95. The highest BCUT2D eigenvalue weighted by molar-refractivity contribution is 5.43. The molecule has 0 heterocycles. The molecule has 0 saturated carbocycles. The molecular weight excluding hydrogens is 230 g/mol. The molecule has 0 spiro atoms. The minimum atomic E-state index is -0.00495. The van der Waals surface area contributed by atoms with E-state index in [0.717, 1.165) is 36.5 Å². The van der Waals surface area contributed by atoms with Crippen LogP contribution in [0.25, 0.3) is 0 Å². The molecule has 0 aliphatic heterocycles. The summed E-state index contributed by atoms with van der Waals surface area (Å²) >= 11 is 0. The molecule has 4 heteroatoms. The van der Waals surface area contributed by atoms with E-state index < -0.39 is 0 Å². The SMILES string of the molecule is COCCCCOc1ccc(C(C)N)cc1OC. The fourth-order valence-electron chi connectivity index (χ4n) is 1.62. The lowest BCUT2D eigenvalue weighted by molar-refractivity contribution is 0.183. The smallest absolute Gasteiger partial charge is 0.161 e. The Bertz CT molecular complexity index is 353. The van der Waals surface area contributed by atoms with Crippen LogP contribution in [0.1, 0.15) is 31.4 Å². The Morgan fingerprint density at radius 1 is 1.11 bits per heavy atom. The third kappa shape index (κ3) is 4.55. The van der Waals surface area contributed by atoms with E-state index in [9.17, 15) is 0 Å². The van der Waals surface area contributed by atoms with Crippen LogP contribution < -0.4 is 15.2 Å². The predicted octanol–water partition coefficient (Wildman–Crippen LogP) is 2.52. The number of nitrogens with two attached hydrogens (primary N) is 1. The van der Waals surface area contributed by atoms with Gasteiger partial charge in [-0.15, -0.1) is 0 Å². The van der Waals surface area contributed by atoms with Gasteiger partial charge in [0.1, 0.15) is 0 Å². The van der Waals surface area contributed by atoms with Crippen LogP contribution in [0.15, 0.2) is 18.2 Å². The first kappa shape index (κ1) is 14.8. The summed E-state index contributed by atoms with van der Waals surface area (Å²) in [5.74, 6) is 1.50. The van der Waals surface area contributed by atoms with Gasteiger partial charge in [-0.05, 0) is 37.5 Å². The van der Waals surface area contributed by atoms with Gasteiger partial charge in [-0.3, -0.25) is 0 Å². The summed E-state index contributed by atoms with van der Waals surface area (Å²) in [6.07, 6.45) is 1.96. The maximum absolute atomic E-state index is 5.83. The molecule has 1 unspecified atom stereocenters. The molecule has 1 aromatic rings. The molecule has 0 aliphatic carbocycles. The normalized spacial score (nSPS) is 12.2. The summed E-state index contributed by atoms with van der Waals surface area (Å²) in [6, 6.07) is 5.80. The van der Waals surface area contributed by atoms with E-state index in [1.165, 1.54) is 0 Å². The molecule has 2 N–H and O–H groups in total. The van der Waals surface area contributed by atoms with Crippen LogP contribution in [0.3, 0.4) is 0 Å². The third-order valence-corrected chi connectivity index (χ3v) is 2.71. The van der Waals surface area contributed by atoms with E-state index in [1.807, 2.05) is 25.1 Å². The van der Waals surface area contributed by atoms with Crippen LogP contribution in [0.4, 0.5) is 0 Å². The number of benzene rings is 1. The quantitative estimate of drug-likeness (QED) is 0.723. The first-order chi connectivity index (χ1) is 8.69. The molecule has 0 fully saturated rings. The Hall–Kier alpha value is -1.26. The second-order valence-electron chi connectivity index (χ2n) is 4.25. The molecule has 0 amide bonds. The average molecular weight is 253 g/mol. The van der Waals surface area contributed by atoms with Gasteiger partial charge in [0, 0.05) is 19.8 Å². The van der Waals surface area contributed by atoms with Crippen molar-refractivity contribution >= 4 is 0 Å². The number of rotatable bonds is 8. The van der Waals surface area contributed by atoms with E-state index in [1.54, 1.807) is 14.2 Å². The van der Waals surface area contributed by atoms with Crippen molar-refractivity contribution in [1.29, 1.82) is 0 Å². The zero-order valence-corrected chi connectivity index (χ0v) is 11.4. The van der Waals surface area contributed by atoms with Gasteiger partial charge in [-0.25, -0.2) is 0 Å². The van der Waals surface area contributed by atoms with E-state index in [2.05, 4.69) is 0 Å². The summed E-state index contributed by atoms with van der Waals surface area (Å²) < 4.78 is 16.0. The average Bonchev–Trinajstić information content (AvgIpc) is 2.38.